The molecule has 0 unspecified atom stereocenters. The molecular formula is C23H36N2O. The second kappa shape index (κ2) is 7.72. The zero-order chi connectivity index (χ0) is 18.8. The molecular weight excluding hydrogens is 320 g/mol. The highest BCUT2D eigenvalue weighted by Gasteiger charge is 2.42. The van der Waals surface area contributed by atoms with Crippen molar-refractivity contribution in [1.29, 1.82) is 0 Å². The summed E-state index contributed by atoms with van der Waals surface area (Å²) >= 11 is 0. The molecule has 1 atom stereocenters. The summed E-state index contributed by atoms with van der Waals surface area (Å²) in [5.41, 5.74) is 3.60. The molecule has 1 amide bonds. The van der Waals surface area contributed by atoms with E-state index in [1.165, 1.54) is 56.4 Å². The highest BCUT2D eigenvalue weighted by Crippen LogP contribution is 2.48. The van der Waals surface area contributed by atoms with E-state index in [1.807, 2.05) is 6.92 Å². The molecule has 1 aliphatic heterocycles. The molecule has 0 aromatic heterocycles. The number of carbonyl (C=O) groups excluding carboxylic acids is 1. The Hall–Kier alpha value is -1.35. The van der Waals surface area contributed by atoms with E-state index < -0.39 is 0 Å². The van der Waals surface area contributed by atoms with Crippen LogP contribution in [0.2, 0.25) is 0 Å². The zero-order valence-corrected chi connectivity index (χ0v) is 17.1. The van der Waals surface area contributed by atoms with Gasteiger partial charge in [0.05, 0.1) is 6.04 Å². The lowest BCUT2D eigenvalue weighted by Crippen LogP contribution is -2.46. The second-order valence-corrected chi connectivity index (χ2v) is 9.53. The lowest BCUT2D eigenvalue weighted by atomic mass is 9.63. The van der Waals surface area contributed by atoms with Crippen molar-refractivity contribution >= 4 is 5.91 Å². The van der Waals surface area contributed by atoms with E-state index in [4.69, 9.17) is 0 Å². The van der Waals surface area contributed by atoms with Gasteiger partial charge in [0.2, 0.25) is 5.91 Å². The molecule has 2 aliphatic rings. The van der Waals surface area contributed by atoms with Gasteiger partial charge >= 0.3 is 0 Å². The van der Waals surface area contributed by atoms with Gasteiger partial charge in [0.25, 0.3) is 0 Å². The Balaban J connectivity index is 1.71. The first-order chi connectivity index (χ1) is 12.3. The molecule has 1 aromatic carbocycles. The van der Waals surface area contributed by atoms with Crippen molar-refractivity contribution < 1.29 is 4.79 Å². The van der Waals surface area contributed by atoms with Gasteiger partial charge in [0.15, 0.2) is 0 Å². The number of likely N-dealkylation sites (tertiary alicyclic amines) is 1. The van der Waals surface area contributed by atoms with E-state index >= 15 is 0 Å². The third-order valence-electron chi connectivity index (χ3n) is 6.47. The predicted octanol–water partition coefficient (Wildman–Crippen LogP) is 4.82. The van der Waals surface area contributed by atoms with Crippen LogP contribution in [0.4, 0.5) is 0 Å². The topological polar surface area (TPSA) is 32.3 Å². The van der Waals surface area contributed by atoms with Crippen LogP contribution in [0.15, 0.2) is 24.3 Å². The van der Waals surface area contributed by atoms with Gasteiger partial charge in [-0.1, -0.05) is 52.0 Å². The van der Waals surface area contributed by atoms with Crippen molar-refractivity contribution in [1.82, 2.24) is 10.2 Å². The Labute approximate surface area is 159 Å². The maximum Gasteiger partial charge on any atom is 0.220 e. The van der Waals surface area contributed by atoms with Crippen molar-refractivity contribution in [2.45, 2.75) is 77.7 Å². The first-order valence-electron chi connectivity index (χ1n) is 10.4. The molecule has 1 heterocycles. The Kier molecular flexibility index (Phi) is 5.76. The highest BCUT2D eigenvalue weighted by atomic mass is 16.1. The van der Waals surface area contributed by atoms with Crippen LogP contribution in [0.3, 0.4) is 0 Å². The number of amides is 1. The number of rotatable bonds is 4. The number of hydrogen-bond acceptors (Lipinski definition) is 2. The van der Waals surface area contributed by atoms with Gasteiger partial charge in [0, 0.05) is 6.42 Å². The van der Waals surface area contributed by atoms with Gasteiger partial charge in [-0.3, -0.25) is 4.79 Å². The molecule has 1 saturated heterocycles. The van der Waals surface area contributed by atoms with Crippen molar-refractivity contribution in [3.8, 4) is 0 Å². The first kappa shape index (κ1) is 19.4. The van der Waals surface area contributed by atoms with Crippen LogP contribution in [-0.4, -0.2) is 30.4 Å². The van der Waals surface area contributed by atoms with E-state index in [0.717, 1.165) is 6.42 Å². The van der Waals surface area contributed by atoms with Crippen LogP contribution in [0.1, 0.15) is 83.4 Å². The average molecular weight is 357 g/mol. The van der Waals surface area contributed by atoms with Gasteiger partial charge in [-0.05, 0) is 73.7 Å². The van der Waals surface area contributed by atoms with E-state index in [9.17, 15) is 4.79 Å². The number of nitrogens with one attached hydrogen (secondary N) is 1. The van der Waals surface area contributed by atoms with Crippen molar-refractivity contribution in [2.75, 3.05) is 19.6 Å². The number of piperidine rings is 1. The molecule has 0 radical (unpaired) electrons. The van der Waals surface area contributed by atoms with Crippen LogP contribution in [0.25, 0.3) is 0 Å². The molecule has 1 aromatic rings. The first-order valence-corrected chi connectivity index (χ1v) is 10.4. The molecule has 144 valence electrons. The molecule has 26 heavy (non-hydrogen) atoms. The summed E-state index contributed by atoms with van der Waals surface area (Å²) in [6, 6.07) is 9.06. The molecule has 3 rings (SSSR count). The van der Waals surface area contributed by atoms with Crippen LogP contribution < -0.4 is 5.32 Å². The maximum atomic E-state index is 11.9. The quantitative estimate of drug-likeness (QED) is 0.839. The lowest BCUT2D eigenvalue weighted by molar-refractivity contribution is -0.121. The molecule has 0 bridgehead atoms. The highest BCUT2D eigenvalue weighted by molar-refractivity contribution is 5.76. The SMILES string of the molecule is CCC(=O)N[C@@H]1CCC2(CCN(CCC(C)(C)C)CC2)c2ccccc21. The normalized spacial score (nSPS) is 22.8. The third-order valence-corrected chi connectivity index (χ3v) is 6.47. The number of hydrogen-bond donors (Lipinski definition) is 1. The summed E-state index contributed by atoms with van der Waals surface area (Å²) in [6.45, 7) is 12.6. The van der Waals surface area contributed by atoms with Crippen molar-refractivity contribution in [2.24, 2.45) is 5.41 Å². The fraction of sp³-hybridized carbons (Fsp3) is 0.696. The van der Waals surface area contributed by atoms with Crippen molar-refractivity contribution in [3.63, 3.8) is 0 Å². The minimum absolute atomic E-state index is 0.165. The zero-order valence-electron chi connectivity index (χ0n) is 17.1. The van der Waals surface area contributed by atoms with E-state index in [-0.39, 0.29) is 11.9 Å². The van der Waals surface area contributed by atoms with E-state index in [1.54, 1.807) is 0 Å². The minimum Gasteiger partial charge on any atom is -0.349 e. The molecule has 1 aliphatic carbocycles. The van der Waals surface area contributed by atoms with Crippen LogP contribution >= 0.6 is 0 Å². The molecule has 3 heteroatoms. The predicted molar refractivity (Wildman–Crippen MR) is 108 cm³/mol. The standard InChI is InChI=1S/C23H36N2O/c1-5-21(26)24-20-10-11-23(19-9-7-6-8-18(19)20)13-16-25(17-14-23)15-12-22(2,3)4/h6-9,20H,5,10-17H2,1-4H3,(H,24,26)/t20-/m1/s1. The monoisotopic (exact) mass is 356 g/mol. The van der Waals surface area contributed by atoms with Crippen molar-refractivity contribution in [3.05, 3.63) is 35.4 Å². The number of benzene rings is 1. The summed E-state index contributed by atoms with van der Waals surface area (Å²) in [6.07, 6.45) is 6.61. The van der Waals surface area contributed by atoms with Crippen LogP contribution in [-0.2, 0) is 10.2 Å². The van der Waals surface area contributed by atoms with Crippen LogP contribution in [0.5, 0.6) is 0 Å². The number of fused-ring (bicyclic) bond motifs is 2. The van der Waals surface area contributed by atoms with Gasteiger partial charge < -0.3 is 10.2 Å². The fourth-order valence-electron chi connectivity index (χ4n) is 4.66. The lowest BCUT2D eigenvalue weighted by Gasteiger charge is -2.47. The summed E-state index contributed by atoms with van der Waals surface area (Å²) in [5.74, 6) is 0.165. The fourth-order valence-corrected chi connectivity index (χ4v) is 4.66. The third kappa shape index (κ3) is 4.31. The summed E-state index contributed by atoms with van der Waals surface area (Å²) < 4.78 is 0. The number of carbonyl (C=O) groups is 1. The minimum atomic E-state index is 0.165. The Morgan fingerprint density at radius 1 is 1.19 bits per heavy atom. The largest absolute Gasteiger partial charge is 0.349 e. The van der Waals surface area contributed by atoms with Crippen LogP contribution in [0, 0.1) is 5.41 Å². The van der Waals surface area contributed by atoms with Gasteiger partial charge in [0.1, 0.15) is 0 Å². The molecule has 0 saturated carbocycles. The second-order valence-electron chi connectivity index (χ2n) is 9.53. The smallest absolute Gasteiger partial charge is 0.220 e. The Morgan fingerprint density at radius 2 is 1.88 bits per heavy atom. The number of nitrogens with zero attached hydrogens (tertiary/aromatic N) is 1. The van der Waals surface area contributed by atoms with E-state index in [2.05, 4.69) is 55.3 Å². The average Bonchev–Trinajstić information content (AvgIpc) is 2.63. The Bertz CT molecular complexity index is 623. The van der Waals surface area contributed by atoms with Gasteiger partial charge in [-0.25, -0.2) is 0 Å². The maximum absolute atomic E-state index is 11.9. The molecule has 1 fully saturated rings. The van der Waals surface area contributed by atoms with Gasteiger partial charge in [-0.2, -0.15) is 0 Å². The van der Waals surface area contributed by atoms with E-state index in [0.29, 0.717) is 17.3 Å². The Morgan fingerprint density at radius 3 is 2.54 bits per heavy atom. The van der Waals surface area contributed by atoms with Gasteiger partial charge in [-0.15, -0.1) is 0 Å². The molecule has 1 spiro atoms. The molecule has 3 nitrogen and oxygen atoms in total. The molecule has 1 N–H and O–H groups in total. The summed E-state index contributed by atoms with van der Waals surface area (Å²) in [5, 5.41) is 3.24. The summed E-state index contributed by atoms with van der Waals surface area (Å²) in [7, 11) is 0. The summed E-state index contributed by atoms with van der Waals surface area (Å²) in [4.78, 5) is 14.6.